The molecule has 0 bridgehead atoms. The second-order valence-electron chi connectivity index (χ2n) is 5.63. The molecule has 1 aromatic carbocycles. The third-order valence-electron chi connectivity index (χ3n) is 3.84. The number of ether oxygens (including phenoxy) is 1. The Hall–Kier alpha value is -2.83. The molecule has 0 fully saturated rings. The predicted octanol–water partition coefficient (Wildman–Crippen LogP) is 4.72. The summed E-state index contributed by atoms with van der Waals surface area (Å²) in [6, 6.07) is 4.99. The van der Waals surface area contributed by atoms with Crippen molar-refractivity contribution < 1.29 is 27.5 Å². The molecule has 7 heteroatoms. The van der Waals surface area contributed by atoms with Gasteiger partial charge >= 0.3 is 12.1 Å². The number of allylic oxidation sites excluding steroid dienone is 1. The van der Waals surface area contributed by atoms with Crippen molar-refractivity contribution >= 4 is 17.8 Å². The molecular formula is C19H18F3NO3. The van der Waals surface area contributed by atoms with Crippen molar-refractivity contribution in [2.75, 3.05) is 6.61 Å². The smallest absolute Gasteiger partial charge is 0.416 e. The number of hydrogen-bond acceptors (Lipinski definition) is 3. The zero-order chi connectivity index (χ0) is 19.5. The maximum absolute atomic E-state index is 13.0. The number of H-pyrrole nitrogens is 1. The van der Waals surface area contributed by atoms with Crippen molar-refractivity contribution in [2.45, 2.75) is 26.9 Å². The summed E-state index contributed by atoms with van der Waals surface area (Å²) in [5.74, 6) is -1.08. The van der Waals surface area contributed by atoms with Crippen LogP contribution in [0.3, 0.4) is 0 Å². The number of benzene rings is 1. The van der Waals surface area contributed by atoms with Gasteiger partial charge in [0.2, 0.25) is 0 Å². The summed E-state index contributed by atoms with van der Waals surface area (Å²) in [7, 11) is 0. The van der Waals surface area contributed by atoms with Crippen LogP contribution in [0.5, 0.6) is 0 Å². The number of halogens is 3. The SMILES string of the molecule is CCOC(=O)c1[nH]c(C)c(C(=O)/C=C/c2ccccc2C(F)(F)F)c1C. The number of rotatable bonds is 5. The van der Waals surface area contributed by atoms with Crippen LogP contribution in [0.2, 0.25) is 0 Å². The first-order chi connectivity index (χ1) is 12.2. The molecule has 0 saturated heterocycles. The van der Waals surface area contributed by atoms with Gasteiger partial charge in [0.15, 0.2) is 5.78 Å². The van der Waals surface area contributed by atoms with Gasteiger partial charge in [-0.1, -0.05) is 24.3 Å². The number of nitrogens with one attached hydrogen (secondary N) is 1. The number of alkyl halides is 3. The fraction of sp³-hybridized carbons (Fsp3) is 0.263. The van der Waals surface area contributed by atoms with Crippen molar-refractivity contribution in [3.63, 3.8) is 0 Å². The van der Waals surface area contributed by atoms with Crippen molar-refractivity contribution in [1.82, 2.24) is 4.98 Å². The highest BCUT2D eigenvalue weighted by Crippen LogP contribution is 2.32. The van der Waals surface area contributed by atoms with Gasteiger partial charge in [0.1, 0.15) is 5.69 Å². The lowest BCUT2D eigenvalue weighted by molar-refractivity contribution is -0.137. The van der Waals surface area contributed by atoms with E-state index in [-0.39, 0.29) is 23.4 Å². The number of carbonyl (C=O) groups is 2. The lowest BCUT2D eigenvalue weighted by atomic mass is 10.0. The predicted molar refractivity (Wildman–Crippen MR) is 91.0 cm³/mol. The van der Waals surface area contributed by atoms with Crippen LogP contribution < -0.4 is 0 Å². The van der Waals surface area contributed by atoms with E-state index in [1.54, 1.807) is 20.8 Å². The monoisotopic (exact) mass is 365 g/mol. The molecule has 0 amide bonds. The van der Waals surface area contributed by atoms with Gasteiger partial charge < -0.3 is 9.72 Å². The van der Waals surface area contributed by atoms with E-state index in [0.717, 1.165) is 18.2 Å². The van der Waals surface area contributed by atoms with Crippen molar-refractivity contribution in [1.29, 1.82) is 0 Å². The van der Waals surface area contributed by atoms with E-state index in [2.05, 4.69) is 4.98 Å². The van der Waals surface area contributed by atoms with Crippen LogP contribution in [0, 0.1) is 13.8 Å². The second kappa shape index (κ2) is 7.59. The fourth-order valence-corrected chi connectivity index (χ4v) is 2.68. The van der Waals surface area contributed by atoms with Crippen molar-refractivity contribution in [3.05, 3.63) is 64.0 Å². The van der Waals surface area contributed by atoms with Crippen LogP contribution >= 0.6 is 0 Å². The molecule has 1 heterocycles. The molecule has 1 N–H and O–H groups in total. The fourth-order valence-electron chi connectivity index (χ4n) is 2.68. The quantitative estimate of drug-likeness (QED) is 0.474. The Morgan fingerprint density at radius 2 is 1.85 bits per heavy atom. The molecule has 0 aliphatic heterocycles. The molecule has 0 aliphatic carbocycles. The summed E-state index contributed by atoms with van der Waals surface area (Å²) < 4.78 is 44.0. The van der Waals surface area contributed by atoms with Gasteiger partial charge in [-0.05, 0) is 44.0 Å². The molecule has 0 saturated carbocycles. The Kier molecular flexibility index (Phi) is 5.69. The maximum Gasteiger partial charge on any atom is 0.416 e. The number of ketones is 1. The van der Waals surface area contributed by atoms with Crippen LogP contribution in [-0.4, -0.2) is 23.3 Å². The molecule has 0 spiro atoms. The van der Waals surface area contributed by atoms with Gasteiger partial charge in [0, 0.05) is 11.3 Å². The van der Waals surface area contributed by atoms with E-state index in [9.17, 15) is 22.8 Å². The number of esters is 1. The summed E-state index contributed by atoms with van der Waals surface area (Å²) in [5, 5.41) is 0. The first kappa shape index (κ1) is 19.5. The minimum absolute atomic E-state index is 0.107. The zero-order valence-corrected chi connectivity index (χ0v) is 14.5. The number of carbonyl (C=O) groups excluding carboxylic acids is 2. The van der Waals surface area contributed by atoms with E-state index < -0.39 is 23.5 Å². The number of aryl methyl sites for hydroxylation is 1. The summed E-state index contributed by atoms with van der Waals surface area (Å²) in [5.41, 5.74) is 0.332. The maximum atomic E-state index is 13.0. The Morgan fingerprint density at radius 3 is 2.46 bits per heavy atom. The standard InChI is InChI=1S/C19H18F3NO3/c1-4-26-18(25)17-11(2)16(12(3)23-17)15(24)10-9-13-7-5-6-8-14(13)19(20,21)22/h5-10,23H,4H2,1-3H3/b10-9+. The molecular weight excluding hydrogens is 347 g/mol. The number of hydrogen-bond donors (Lipinski definition) is 1. The van der Waals surface area contributed by atoms with Gasteiger partial charge in [-0.2, -0.15) is 13.2 Å². The van der Waals surface area contributed by atoms with Gasteiger partial charge in [0.25, 0.3) is 0 Å². The molecule has 2 rings (SSSR count). The van der Waals surface area contributed by atoms with Crippen LogP contribution in [0.25, 0.3) is 6.08 Å². The first-order valence-electron chi connectivity index (χ1n) is 7.91. The van der Waals surface area contributed by atoms with Gasteiger partial charge in [-0.15, -0.1) is 0 Å². The number of aromatic nitrogens is 1. The third kappa shape index (κ3) is 4.04. The van der Waals surface area contributed by atoms with Gasteiger partial charge in [-0.25, -0.2) is 4.79 Å². The van der Waals surface area contributed by atoms with Crippen LogP contribution in [0.1, 0.15) is 50.2 Å². The largest absolute Gasteiger partial charge is 0.461 e. The lowest BCUT2D eigenvalue weighted by Crippen LogP contribution is -2.07. The Morgan fingerprint density at radius 1 is 1.19 bits per heavy atom. The minimum atomic E-state index is -4.51. The topological polar surface area (TPSA) is 59.2 Å². The molecule has 0 unspecified atom stereocenters. The highest BCUT2D eigenvalue weighted by atomic mass is 19.4. The van der Waals surface area contributed by atoms with E-state index in [4.69, 9.17) is 4.74 Å². The van der Waals surface area contributed by atoms with E-state index in [1.165, 1.54) is 18.2 Å². The van der Waals surface area contributed by atoms with Crippen molar-refractivity contribution in [3.8, 4) is 0 Å². The van der Waals surface area contributed by atoms with Gasteiger partial charge in [-0.3, -0.25) is 4.79 Å². The molecule has 2 aromatic rings. The molecule has 1 aromatic heterocycles. The van der Waals surface area contributed by atoms with Crippen LogP contribution in [-0.2, 0) is 10.9 Å². The summed E-state index contributed by atoms with van der Waals surface area (Å²) in [4.78, 5) is 27.2. The Balaban J connectivity index is 2.35. The minimum Gasteiger partial charge on any atom is -0.461 e. The average molecular weight is 365 g/mol. The third-order valence-corrected chi connectivity index (χ3v) is 3.84. The van der Waals surface area contributed by atoms with Crippen molar-refractivity contribution in [2.24, 2.45) is 0 Å². The Bertz CT molecular complexity index is 863. The highest BCUT2D eigenvalue weighted by Gasteiger charge is 2.32. The first-order valence-corrected chi connectivity index (χ1v) is 7.91. The van der Waals surface area contributed by atoms with Crippen LogP contribution in [0.15, 0.2) is 30.3 Å². The average Bonchev–Trinajstić information content (AvgIpc) is 2.87. The molecule has 0 radical (unpaired) electrons. The van der Waals surface area contributed by atoms with Gasteiger partial charge in [0.05, 0.1) is 12.2 Å². The summed E-state index contributed by atoms with van der Waals surface area (Å²) in [6.07, 6.45) is -2.31. The lowest BCUT2D eigenvalue weighted by Gasteiger charge is -2.09. The van der Waals surface area contributed by atoms with Crippen LogP contribution in [0.4, 0.5) is 13.2 Å². The molecule has 138 valence electrons. The van der Waals surface area contributed by atoms with E-state index in [1.807, 2.05) is 0 Å². The van der Waals surface area contributed by atoms with E-state index in [0.29, 0.717) is 11.3 Å². The second-order valence-corrected chi connectivity index (χ2v) is 5.63. The molecule has 26 heavy (non-hydrogen) atoms. The number of aromatic amines is 1. The van der Waals surface area contributed by atoms with E-state index >= 15 is 0 Å². The summed E-state index contributed by atoms with van der Waals surface area (Å²) in [6.45, 7) is 5.05. The molecule has 4 nitrogen and oxygen atoms in total. The Labute approximate surface area is 148 Å². The normalized spacial score (nSPS) is 11.8. The zero-order valence-electron chi connectivity index (χ0n) is 14.5. The molecule has 0 aliphatic rings. The summed E-state index contributed by atoms with van der Waals surface area (Å²) >= 11 is 0. The molecule has 0 atom stereocenters. The highest BCUT2D eigenvalue weighted by molar-refractivity contribution is 6.10.